The van der Waals surface area contributed by atoms with Gasteiger partial charge in [-0.2, -0.15) is 5.10 Å². The molecule has 0 amide bonds. The largest absolute Gasteiger partial charge is 0.457 e. The van der Waals surface area contributed by atoms with Crippen molar-refractivity contribution in [3.63, 3.8) is 0 Å². The van der Waals surface area contributed by atoms with Gasteiger partial charge in [0.05, 0.1) is 22.4 Å². The average Bonchev–Trinajstić information content (AvgIpc) is 3.53. The van der Waals surface area contributed by atoms with Crippen molar-refractivity contribution in [2.75, 3.05) is 6.26 Å². The lowest BCUT2D eigenvalue weighted by molar-refractivity contribution is 0.482. The molecule has 0 radical (unpaired) electrons. The molecule has 242 valence electrons. The van der Waals surface area contributed by atoms with Crippen LogP contribution in [0.4, 0.5) is 0 Å². The zero-order valence-corrected chi connectivity index (χ0v) is 30.1. The van der Waals surface area contributed by atoms with Crippen LogP contribution in [0.2, 0.25) is 0 Å². The Bertz CT molecular complexity index is 2330. The van der Waals surface area contributed by atoms with Crippen LogP contribution in [0.3, 0.4) is 0 Å². The highest BCUT2D eigenvalue weighted by Gasteiger charge is 2.21. The van der Waals surface area contributed by atoms with E-state index in [2.05, 4.69) is 156 Å². The number of thioether (sulfide) groups is 1. The van der Waals surface area contributed by atoms with E-state index in [0.717, 1.165) is 56.4 Å². The molecule has 3 heterocycles. The number of nitrogens with zero attached hydrogens (tertiary/aromatic N) is 4. The first-order valence-electron chi connectivity index (χ1n) is 16.4. The van der Waals surface area contributed by atoms with Gasteiger partial charge >= 0.3 is 0 Å². The van der Waals surface area contributed by atoms with Gasteiger partial charge < -0.3 is 4.74 Å². The normalized spacial score (nSPS) is 11.9. The van der Waals surface area contributed by atoms with Crippen molar-refractivity contribution in [1.82, 2.24) is 19.3 Å². The van der Waals surface area contributed by atoms with Crippen LogP contribution in [-0.4, -0.2) is 25.6 Å². The van der Waals surface area contributed by atoms with Gasteiger partial charge in [-0.1, -0.05) is 39.0 Å². The first kappa shape index (κ1) is 31.8. The van der Waals surface area contributed by atoms with Crippen LogP contribution in [0.25, 0.3) is 44.4 Å². The third-order valence-corrected chi connectivity index (χ3v) is 9.99. The van der Waals surface area contributed by atoms with Gasteiger partial charge in [-0.15, -0.1) is 11.8 Å². The summed E-state index contributed by atoms with van der Waals surface area (Å²) in [5.41, 5.74) is 12.6. The second-order valence-corrected chi connectivity index (χ2v) is 14.8. The molecule has 0 unspecified atom stereocenters. The summed E-state index contributed by atoms with van der Waals surface area (Å²) in [5, 5.41) is 7.40. The lowest BCUT2D eigenvalue weighted by atomic mass is 9.88. The van der Waals surface area contributed by atoms with Crippen molar-refractivity contribution in [3.8, 4) is 34.1 Å². The second kappa shape index (κ2) is 12.0. The Kier molecular flexibility index (Phi) is 7.95. The highest BCUT2D eigenvalue weighted by molar-refractivity contribution is 7.98. The molecule has 0 aliphatic heterocycles. The third-order valence-electron chi connectivity index (χ3n) is 9.28. The maximum absolute atomic E-state index is 6.64. The van der Waals surface area contributed by atoms with E-state index in [4.69, 9.17) is 14.8 Å². The van der Waals surface area contributed by atoms with Crippen molar-refractivity contribution in [2.24, 2.45) is 0 Å². The van der Waals surface area contributed by atoms with E-state index in [-0.39, 0.29) is 5.41 Å². The van der Waals surface area contributed by atoms with Crippen molar-refractivity contribution in [2.45, 2.75) is 65.7 Å². The molecule has 0 spiro atoms. The second-order valence-electron chi connectivity index (χ2n) is 13.9. The SMILES string of the molecule is CSc1cc(C)c(-c2c(C)nn(-c3cc(C)cc(Oc4ccc5c6ccccc6n(-c6cc(C(C)(C)C)ccn6)c5c4)c3)c2C)c(C)c1. The predicted octanol–water partition coefficient (Wildman–Crippen LogP) is 11.4. The Balaban J connectivity index is 1.30. The summed E-state index contributed by atoms with van der Waals surface area (Å²) in [5.74, 6) is 2.44. The van der Waals surface area contributed by atoms with E-state index >= 15 is 0 Å². The number of aryl methyl sites for hydroxylation is 4. The lowest BCUT2D eigenvalue weighted by Crippen LogP contribution is -2.12. The Hall–Kier alpha value is -4.81. The number of para-hydroxylation sites is 1. The number of hydrogen-bond donors (Lipinski definition) is 0. The van der Waals surface area contributed by atoms with E-state index in [1.54, 1.807) is 11.8 Å². The molecule has 3 aromatic heterocycles. The Labute approximate surface area is 287 Å². The topological polar surface area (TPSA) is 44.9 Å². The highest BCUT2D eigenvalue weighted by Crippen LogP contribution is 2.38. The third kappa shape index (κ3) is 5.58. The molecule has 0 fully saturated rings. The minimum atomic E-state index is 0.0103. The summed E-state index contributed by atoms with van der Waals surface area (Å²) < 4.78 is 11.0. The minimum absolute atomic E-state index is 0.0103. The van der Waals surface area contributed by atoms with Gasteiger partial charge in [0.15, 0.2) is 0 Å². The zero-order valence-electron chi connectivity index (χ0n) is 29.3. The van der Waals surface area contributed by atoms with Crippen molar-refractivity contribution in [1.29, 1.82) is 0 Å². The molecule has 4 aromatic carbocycles. The van der Waals surface area contributed by atoms with Crippen LogP contribution < -0.4 is 4.74 Å². The fraction of sp³-hybridized carbons (Fsp3) is 0.238. The molecular formula is C42H42N4OS. The fourth-order valence-corrected chi connectivity index (χ4v) is 7.59. The fourth-order valence-electron chi connectivity index (χ4n) is 7.01. The summed E-state index contributed by atoms with van der Waals surface area (Å²) in [6.07, 6.45) is 4.04. The highest BCUT2D eigenvalue weighted by atomic mass is 32.2. The van der Waals surface area contributed by atoms with E-state index in [1.165, 1.54) is 38.1 Å². The van der Waals surface area contributed by atoms with Gasteiger partial charge in [-0.05, 0) is 129 Å². The molecule has 7 aromatic rings. The molecule has 0 saturated heterocycles. The quantitative estimate of drug-likeness (QED) is 0.168. The van der Waals surface area contributed by atoms with Crippen LogP contribution in [0, 0.1) is 34.6 Å². The first-order valence-corrected chi connectivity index (χ1v) is 17.7. The Morgan fingerprint density at radius 1 is 0.708 bits per heavy atom. The van der Waals surface area contributed by atoms with E-state index in [1.807, 2.05) is 6.20 Å². The van der Waals surface area contributed by atoms with Crippen LogP contribution in [0.5, 0.6) is 11.5 Å². The van der Waals surface area contributed by atoms with E-state index in [9.17, 15) is 0 Å². The molecule has 6 heteroatoms. The Morgan fingerprint density at radius 2 is 1.44 bits per heavy atom. The maximum Gasteiger partial charge on any atom is 0.137 e. The summed E-state index contributed by atoms with van der Waals surface area (Å²) in [6, 6.07) is 30.1. The molecule has 0 N–H and O–H groups in total. The molecule has 0 bridgehead atoms. The van der Waals surface area contributed by atoms with E-state index in [0.29, 0.717) is 0 Å². The van der Waals surface area contributed by atoms with Crippen LogP contribution in [0.1, 0.15) is 54.4 Å². The van der Waals surface area contributed by atoms with Crippen LogP contribution >= 0.6 is 11.8 Å². The van der Waals surface area contributed by atoms with Crippen molar-refractivity contribution >= 4 is 33.6 Å². The molecule has 0 saturated carbocycles. The summed E-state index contributed by atoms with van der Waals surface area (Å²) in [4.78, 5) is 6.12. The average molecular weight is 651 g/mol. The van der Waals surface area contributed by atoms with Crippen LogP contribution in [0.15, 0.2) is 96.0 Å². The van der Waals surface area contributed by atoms with Gasteiger partial charge in [0.2, 0.25) is 0 Å². The van der Waals surface area contributed by atoms with Gasteiger partial charge in [0.25, 0.3) is 0 Å². The monoisotopic (exact) mass is 650 g/mol. The molecule has 0 atom stereocenters. The van der Waals surface area contributed by atoms with Gasteiger partial charge in [0, 0.05) is 45.3 Å². The predicted molar refractivity (Wildman–Crippen MR) is 202 cm³/mol. The van der Waals surface area contributed by atoms with Gasteiger partial charge in [0.1, 0.15) is 17.3 Å². The van der Waals surface area contributed by atoms with Crippen molar-refractivity contribution < 1.29 is 4.74 Å². The molecule has 0 aliphatic carbocycles. The smallest absolute Gasteiger partial charge is 0.137 e. The summed E-state index contributed by atoms with van der Waals surface area (Å²) >= 11 is 1.78. The Morgan fingerprint density at radius 3 is 2.17 bits per heavy atom. The maximum atomic E-state index is 6.64. The number of benzene rings is 4. The number of rotatable bonds is 6. The minimum Gasteiger partial charge on any atom is -0.457 e. The number of hydrogen-bond acceptors (Lipinski definition) is 4. The first-order chi connectivity index (χ1) is 22.9. The van der Waals surface area contributed by atoms with Gasteiger partial charge in [-0.25, -0.2) is 9.67 Å². The molecule has 0 aliphatic rings. The standard InChI is InChI=1S/C42H42N4OS/c1-25-18-31(46-29(5)41(28(4)44-46)40-26(2)20-34(48-9)21-27(40)3)23-33(19-25)47-32-14-15-36-35-12-10-11-13-37(35)45(38(36)24-32)39-22-30(16-17-43-39)42(6,7)8/h10-24H,1-9H3. The number of ether oxygens (including phenoxy) is 1. The summed E-state index contributed by atoms with van der Waals surface area (Å²) in [7, 11) is 0. The van der Waals surface area contributed by atoms with Crippen molar-refractivity contribution in [3.05, 3.63) is 125 Å². The zero-order chi connectivity index (χ0) is 33.9. The molecule has 48 heavy (non-hydrogen) atoms. The molecule has 5 nitrogen and oxygen atoms in total. The lowest BCUT2D eigenvalue weighted by Gasteiger charge is -2.20. The molecular weight excluding hydrogens is 609 g/mol. The van der Waals surface area contributed by atoms with E-state index < -0.39 is 0 Å². The van der Waals surface area contributed by atoms with Crippen LogP contribution in [-0.2, 0) is 5.41 Å². The summed E-state index contributed by atoms with van der Waals surface area (Å²) in [6.45, 7) is 17.5. The number of pyridine rings is 1. The van der Waals surface area contributed by atoms with Gasteiger partial charge in [-0.3, -0.25) is 4.57 Å². The molecule has 7 rings (SSSR count). The number of aromatic nitrogens is 4. The number of fused-ring (bicyclic) bond motifs is 3.